The Morgan fingerprint density at radius 3 is 2.73 bits per heavy atom. The molecule has 1 saturated heterocycles. The number of aryl methyl sites for hydroxylation is 3. The zero-order chi connectivity index (χ0) is 22.2. The van der Waals surface area contributed by atoms with Crippen LogP contribution < -0.4 is 10.3 Å². The fourth-order valence-corrected chi connectivity index (χ4v) is 6.24. The third-order valence-corrected chi connectivity index (χ3v) is 7.80. The molecule has 3 aromatic heterocycles. The maximum absolute atomic E-state index is 4.90. The third-order valence-electron chi connectivity index (χ3n) is 6.60. The highest BCUT2D eigenvalue weighted by Gasteiger charge is 2.23. The molecule has 1 aliphatic heterocycles. The summed E-state index contributed by atoms with van der Waals surface area (Å²) >= 11 is 1.79. The van der Waals surface area contributed by atoms with Gasteiger partial charge in [0.2, 0.25) is 0 Å². The molecule has 0 amide bonds. The molecule has 2 aliphatic rings. The van der Waals surface area contributed by atoms with Gasteiger partial charge in [-0.1, -0.05) is 18.2 Å². The van der Waals surface area contributed by atoms with Crippen LogP contribution in [-0.2, 0) is 12.8 Å². The van der Waals surface area contributed by atoms with Crippen molar-refractivity contribution in [1.82, 2.24) is 19.7 Å². The highest BCUT2D eigenvalue weighted by atomic mass is 32.1. The lowest BCUT2D eigenvalue weighted by atomic mass is 10.1. The number of nitrogens with one attached hydrogen (secondary N) is 1. The van der Waals surface area contributed by atoms with Gasteiger partial charge in [0.1, 0.15) is 17.0 Å². The van der Waals surface area contributed by atoms with Crippen LogP contribution in [0.2, 0.25) is 0 Å². The van der Waals surface area contributed by atoms with Gasteiger partial charge < -0.3 is 4.90 Å². The molecule has 1 N–H and O–H groups in total. The van der Waals surface area contributed by atoms with E-state index in [2.05, 4.69) is 61.3 Å². The number of para-hydroxylation sites is 1. The Bertz CT molecular complexity index is 1320. The fraction of sp³-hybridized carbons (Fsp3) is 0.360. The minimum absolute atomic E-state index is 0.795. The van der Waals surface area contributed by atoms with Crippen molar-refractivity contribution in [3.63, 3.8) is 0 Å². The number of nitrogens with zero attached hydrogens (tertiary/aromatic N) is 6. The number of hydrazone groups is 1. The predicted molar refractivity (Wildman–Crippen MR) is 135 cm³/mol. The van der Waals surface area contributed by atoms with Crippen molar-refractivity contribution in [2.24, 2.45) is 5.10 Å². The van der Waals surface area contributed by atoms with Gasteiger partial charge in [0.15, 0.2) is 5.82 Å². The molecule has 1 aromatic carbocycles. The summed E-state index contributed by atoms with van der Waals surface area (Å²) in [6.07, 6.45) is 10.7. The Hall–Kier alpha value is -3.26. The molecule has 0 bridgehead atoms. The second-order valence-electron chi connectivity index (χ2n) is 8.75. The summed E-state index contributed by atoms with van der Waals surface area (Å²) in [5.74, 6) is 1.91. The van der Waals surface area contributed by atoms with Gasteiger partial charge in [-0.3, -0.25) is 5.43 Å². The van der Waals surface area contributed by atoms with Crippen LogP contribution in [-0.4, -0.2) is 39.1 Å². The smallest absolute Gasteiger partial charge is 0.158 e. The summed E-state index contributed by atoms with van der Waals surface area (Å²) in [6.45, 7) is 4.14. The van der Waals surface area contributed by atoms with Crippen molar-refractivity contribution < 1.29 is 0 Å². The van der Waals surface area contributed by atoms with Gasteiger partial charge in [-0.25, -0.2) is 14.6 Å². The van der Waals surface area contributed by atoms with E-state index in [0.717, 1.165) is 64.7 Å². The molecule has 7 nitrogen and oxygen atoms in total. The average Bonchev–Trinajstić information content (AvgIpc) is 3.54. The first-order valence-corrected chi connectivity index (χ1v) is 12.6. The van der Waals surface area contributed by atoms with E-state index in [1.54, 1.807) is 17.7 Å². The Balaban J connectivity index is 1.37. The van der Waals surface area contributed by atoms with Crippen LogP contribution >= 0.6 is 11.3 Å². The lowest BCUT2D eigenvalue weighted by molar-refractivity contribution is 0.567. The highest BCUT2D eigenvalue weighted by molar-refractivity contribution is 7.19. The van der Waals surface area contributed by atoms with Crippen LogP contribution in [0.4, 0.5) is 11.6 Å². The van der Waals surface area contributed by atoms with Crippen LogP contribution in [0.15, 0.2) is 41.8 Å². The molecule has 0 spiro atoms. The molecule has 4 heterocycles. The van der Waals surface area contributed by atoms with Crippen LogP contribution in [0.25, 0.3) is 15.9 Å². The molecule has 0 unspecified atom stereocenters. The van der Waals surface area contributed by atoms with Crippen molar-refractivity contribution in [2.75, 3.05) is 23.4 Å². The van der Waals surface area contributed by atoms with Crippen molar-refractivity contribution in [1.29, 1.82) is 0 Å². The SMILES string of the molecule is Cc1nn(-c2ccccc2)c(N2CCCCC2)c1/C=N/Nc1ncnc2sc3c(c12)CCC3. The lowest BCUT2D eigenvalue weighted by Crippen LogP contribution is -2.32. The number of fused-ring (bicyclic) bond motifs is 3. The molecular weight excluding hydrogens is 430 g/mol. The summed E-state index contributed by atoms with van der Waals surface area (Å²) in [4.78, 5) is 14.0. The number of anilines is 2. The van der Waals surface area contributed by atoms with Gasteiger partial charge in [-0.15, -0.1) is 11.3 Å². The number of thiophene rings is 1. The normalized spacial score (nSPS) is 16.1. The van der Waals surface area contributed by atoms with Gasteiger partial charge in [-0.2, -0.15) is 10.2 Å². The highest BCUT2D eigenvalue weighted by Crippen LogP contribution is 2.39. The topological polar surface area (TPSA) is 71.2 Å². The summed E-state index contributed by atoms with van der Waals surface area (Å²) < 4.78 is 2.07. The largest absolute Gasteiger partial charge is 0.356 e. The molecule has 1 aliphatic carbocycles. The van der Waals surface area contributed by atoms with E-state index in [0.29, 0.717) is 0 Å². The van der Waals surface area contributed by atoms with Crippen molar-refractivity contribution in [3.8, 4) is 5.69 Å². The Labute approximate surface area is 197 Å². The van der Waals surface area contributed by atoms with E-state index >= 15 is 0 Å². The quantitative estimate of drug-likeness (QED) is 0.333. The first-order valence-electron chi connectivity index (χ1n) is 11.7. The van der Waals surface area contributed by atoms with Crippen molar-refractivity contribution in [3.05, 3.63) is 58.4 Å². The molecule has 0 radical (unpaired) electrons. The third kappa shape index (κ3) is 3.68. The Morgan fingerprint density at radius 2 is 1.88 bits per heavy atom. The minimum atomic E-state index is 0.795. The average molecular weight is 458 g/mol. The number of hydrogen-bond donors (Lipinski definition) is 1. The zero-order valence-corrected chi connectivity index (χ0v) is 19.6. The number of benzene rings is 1. The lowest BCUT2D eigenvalue weighted by Gasteiger charge is -2.29. The van der Waals surface area contributed by atoms with E-state index in [4.69, 9.17) is 5.10 Å². The summed E-state index contributed by atoms with van der Waals surface area (Å²) in [5.41, 5.74) is 7.71. The molecule has 0 atom stereocenters. The first kappa shape index (κ1) is 20.4. The zero-order valence-electron chi connectivity index (χ0n) is 18.8. The summed E-state index contributed by atoms with van der Waals surface area (Å²) in [6, 6.07) is 10.4. The van der Waals surface area contributed by atoms with Crippen LogP contribution in [0.3, 0.4) is 0 Å². The Kier molecular flexibility index (Phi) is 5.30. The molecule has 168 valence electrons. The van der Waals surface area contributed by atoms with E-state index in [1.165, 1.54) is 36.1 Å². The number of hydrogen-bond acceptors (Lipinski definition) is 7. The molecule has 8 heteroatoms. The fourth-order valence-electron chi connectivity index (χ4n) is 5.01. The summed E-state index contributed by atoms with van der Waals surface area (Å²) in [5, 5.41) is 10.7. The molecule has 6 rings (SSSR count). The molecule has 1 fully saturated rings. The second kappa shape index (κ2) is 8.59. The van der Waals surface area contributed by atoms with Crippen molar-refractivity contribution >= 4 is 39.4 Å². The van der Waals surface area contributed by atoms with Gasteiger partial charge in [0.25, 0.3) is 0 Å². The monoisotopic (exact) mass is 457 g/mol. The Morgan fingerprint density at radius 1 is 1.03 bits per heavy atom. The molecular formula is C25H27N7S. The first-order chi connectivity index (χ1) is 16.3. The van der Waals surface area contributed by atoms with Crippen molar-refractivity contribution in [2.45, 2.75) is 45.4 Å². The number of aromatic nitrogens is 4. The number of piperidine rings is 1. The minimum Gasteiger partial charge on any atom is -0.356 e. The molecule has 33 heavy (non-hydrogen) atoms. The standard InChI is InChI=1S/C25H27N7S/c1-17-20(15-28-29-23-22-19-11-8-12-21(19)33-24(22)27-16-26-23)25(31-13-6-3-7-14-31)32(30-17)18-9-4-2-5-10-18/h2,4-5,9-10,15-16H,3,6-8,11-14H2,1H3,(H,26,27,29)/b28-15+. The van der Waals surface area contributed by atoms with E-state index in [1.807, 2.05) is 12.3 Å². The van der Waals surface area contributed by atoms with Gasteiger partial charge >= 0.3 is 0 Å². The van der Waals surface area contributed by atoms with Gasteiger partial charge in [-0.05, 0) is 63.1 Å². The summed E-state index contributed by atoms with van der Waals surface area (Å²) in [7, 11) is 0. The predicted octanol–water partition coefficient (Wildman–Crippen LogP) is 5.11. The molecule has 0 saturated carbocycles. The van der Waals surface area contributed by atoms with E-state index in [9.17, 15) is 0 Å². The molecule has 4 aromatic rings. The van der Waals surface area contributed by atoms with Crippen LogP contribution in [0, 0.1) is 6.92 Å². The second-order valence-corrected chi connectivity index (χ2v) is 9.83. The van der Waals surface area contributed by atoms with Crippen LogP contribution in [0.5, 0.6) is 0 Å². The maximum Gasteiger partial charge on any atom is 0.158 e. The number of rotatable bonds is 5. The van der Waals surface area contributed by atoms with Gasteiger partial charge in [0, 0.05) is 18.0 Å². The van der Waals surface area contributed by atoms with Crippen LogP contribution in [0.1, 0.15) is 47.4 Å². The van der Waals surface area contributed by atoms with E-state index in [-0.39, 0.29) is 0 Å². The maximum atomic E-state index is 4.90. The van der Waals surface area contributed by atoms with E-state index < -0.39 is 0 Å². The van der Waals surface area contributed by atoms with Gasteiger partial charge in [0.05, 0.1) is 28.5 Å².